The van der Waals surface area contributed by atoms with Gasteiger partial charge in [-0.3, -0.25) is 4.79 Å². The van der Waals surface area contributed by atoms with Gasteiger partial charge < -0.3 is 10.1 Å². The number of nitrogens with one attached hydrogen (secondary N) is 1. The molecule has 0 fully saturated rings. The van der Waals surface area contributed by atoms with Gasteiger partial charge in [-0.2, -0.15) is 9.78 Å². The van der Waals surface area contributed by atoms with E-state index in [0.717, 1.165) is 15.6 Å². The summed E-state index contributed by atoms with van der Waals surface area (Å²) in [6.45, 7) is 0. The highest BCUT2D eigenvalue weighted by atomic mass is 35.5. The minimum Gasteiger partial charge on any atom is -0.508 e. The van der Waals surface area contributed by atoms with E-state index >= 15 is 0 Å². The minimum atomic E-state index is -0.316. The van der Waals surface area contributed by atoms with E-state index in [1.165, 1.54) is 12.5 Å². The summed E-state index contributed by atoms with van der Waals surface area (Å²) in [7, 11) is 0. The number of hydrogen-bond donors (Lipinski definition) is 2. The molecule has 0 aliphatic rings. The third kappa shape index (κ3) is 2.43. The predicted molar refractivity (Wildman–Crippen MR) is 94.0 cm³/mol. The summed E-state index contributed by atoms with van der Waals surface area (Å²) < 4.78 is 1.14. The minimum absolute atomic E-state index is 0.132. The fraction of sp³-hybridized carbons (Fsp3) is 0. The van der Waals surface area contributed by atoms with Crippen molar-refractivity contribution in [3.63, 3.8) is 0 Å². The second kappa shape index (κ2) is 5.50. The number of phenols is 1. The molecule has 2 heterocycles. The number of phenolic OH excluding ortho intramolecular Hbond substituents is 1. The molecule has 7 heteroatoms. The fourth-order valence-corrected chi connectivity index (χ4v) is 2.71. The number of aromatic amines is 1. The SMILES string of the molecule is O=c1c2[nH]c3ccc(Cl)cc3c2ncn1/N=C\c1cccc(O)c1. The van der Waals surface area contributed by atoms with Gasteiger partial charge in [-0.15, -0.1) is 0 Å². The Hall–Kier alpha value is -3.12. The average Bonchev–Trinajstić information content (AvgIpc) is 2.93. The summed E-state index contributed by atoms with van der Waals surface area (Å²) in [4.78, 5) is 19.9. The number of nitrogens with zero attached hydrogens (tertiary/aromatic N) is 3. The number of halogens is 1. The first-order valence-corrected chi connectivity index (χ1v) is 7.51. The Bertz CT molecular complexity index is 1160. The Labute approximate surface area is 140 Å². The van der Waals surface area contributed by atoms with E-state index in [1.807, 2.05) is 0 Å². The van der Waals surface area contributed by atoms with Gasteiger partial charge in [0.15, 0.2) is 0 Å². The fourth-order valence-electron chi connectivity index (χ4n) is 2.53. The van der Waals surface area contributed by atoms with E-state index in [-0.39, 0.29) is 11.3 Å². The number of benzene rings is 2. The van der Waals surface area contributed by atoms with Crippen LogP contribution < -0.4 is 5.56 Å². The van der Waals surface area contributed by atoms with Crippen molar-refractivity contribution in [3.8, 4) is 5.75 Å². The summed E-state index contributed by atoms with van der Waals surface area (Å²) in [5, 5.41) is 14.9. The molecular formula is C17H11ClN4O2. The van der Waals surface area contributed by atoms with Crippen molar-refractivity contribution >= 4 is 39.8 Å². The Morgan fingerprint density at radius 2 is 2.12 bits per heavy atom. The molecule has 0 saturated heterocycles. The van der Waals surface area contributed by atoms with Crippen LogP contribution in [-0.4, -0.2) is 26.0 Å². The normalized spacial score (nSPS) is 11.7. The van der Waals surface area contributed by atoms with Crippen molar-refractivity contribution in [2.75, 3.05) is 0 Å². The molecule has 2 aromatic heterocycles. The maximum Gasteiger partial charge on any atom is 0.298 e. The lowest BCUT2D eigenvalue weighted by Crippen LogP contribution is -2.17. The maximum absolute atomic E-state index is 12.6. The van der Waals surface area contributed by atoms with Gasteiger partial charge >= 0.3 is 0 Å². The molecule has 0 aliphatic heterocycles. The van der Waals surface area contributed by atoms with Crippen LogP contribution in [0, 0.1) is 0 Å². The van der Waals surface area contributed by atoms with Crippen molar-refractivity contribution in [2.45, 2.75) is 0 Å². The van der Waals surface area contributed by atoms with Crippen LogP contribution >= 0.6 is 11.6 Å². The maximum atomic E-state index is 12.6. The zero-order valence-electron chi connectivity index (χ0n) is 12.3. The quantitative estimate of drug-likeness (QED) is 0.551. The predicted octanol–water partition coefficient (Wildman–Crippen LogP) is 3.12. The molecule has 0 atom stereocenters. The number of aromatic nitrogens is 3. The zero-order chi connectivity index (χ0) is 16.7. The van der Waals surface area contributed by atoms with Crippen molar-refractivity contribution < 1.29 is 5.11 Å². The second-order valence-electron chi connectivity index (χ2n) is 5.27. The van der Waals surface area contributed by atoms with Crippen LogP contribution in [0.1, 0.15) is 5.56 Å². The van der Waals surface area contributed by atoms with E-state index in [2.05, 4.69) is 15.1 Å². The zero-order valence-corrected chi connectivity index (χ0v) is 13.0. The Balaban J connectivity index is 1.84. The van der Waals surface area contributed by atoms with Gasteiger partial charge in [-0.25, -0.2) is 4.98 Å². The van der Waals surface area contributed by atoms with Gasteiger partial charge in [0, 0.05) is 15.9 Å². The van der Waals surface area contributed by atoms with Crippen LogP contribution in [0.5, 0.6) is 5.75 Å². The number of aromatic hydroxyl groups is 1. The first-order chi connectivity index (χ1) is 11.6. The van der Waals surface area contributed by atoms with Gasteiger partial charge in [-0.1, -0.05) is 23.7 Å². The second-order valence-corrected chi connectivity index (χ2v) is 5.71. The lowest BCUT2D eigenvalue weighted by molar-refractivity contribution is 0.475. The lowest BCUT2D eigenvalue weighted by Gasteiger charge is -1.98. The van der Waals surface area contributed by atoms with E-state index in [4.69, 9.17) is 11.6 Å². The van der Waals surface area contributed by atoms with Crippen LogP contribution in [-0.2, 0) is 0 Å². The summed E-state index contributed by atoms with van der Waals surface area (Å²) in [5.74, 6) is 0.132. The molecule has 0 aliphatic carbocycles. The largest absolute Gasteiger partial charge is 0.508 e. The number of rotatable bonds is 2. The third-order valence-electron chi connectivity index (χ3n) is 3.65. The molecule has 0 radical (unpaired) electrons. The van der Waals surface area contributed by atoms with E-state index in [0.29, 0.717) is 21.6 Å². The Morgan fingerprint density at radius 1 is 1.25 bits per heavy atom. The summed E-state index contributed by atoms with van der Waals surface area (Å²) >= 11 is 6.01. The van der Waals surface area contributed by atoms with Crippen molar-refractivity contribution in [1.82, 2.24) is 14.6 Å². The van der Waals surface area contributed by atoms with Gasteiger partial charge in [0.05, 0.1) is 6.21 Å². The molecule has 118 valence electrons. The summed E-state index contributed by atoms with van der Waals surface area (Å²) in [6.07, 6.45) is 2.84. The first-order valence-electron chi connectivity index (χ1n) is 7.14. The van der Waals surface area contributed by atoms with E-state index < -0.39 is 0 Å². The van der Waals surface area contributed by atoms with Gasteiger partial charge in [0.25, 0.3) is 5.56 Å². The molecule has 0 amide bonds. The lowest BCUT2D eigenvalue weighted by atomic mass is 10.2. The summed E-state index contributed by atoms with van der Waals surface area (Å²) in [6, 6.07) is 11.9. The molecule has 6 nitrogen and oxygen atoms in total. The van der Waals surface area contributed by atoms with E-state index in [1.54, 1.807) is 42.5 Å². The van der Waals surface area contributed by atoms with Crippen LogP contribution in [0.3, 0.4) is 0 Å². The van der Waals surface area contributed by atoms with Gasteiger partial charge in [0.2, 0.25) is 0 Å². The third-order valence-corrected chi connectivity index (χ3v) is 3.89. The summed E-state index contributed by atoms with van der Waals surface area (Å²) in [5.41, 5.74) is 2.06. The highest BCUT2D eigenvalue weighted by Crippen LogP contribution is 2.24. The van der Waals surface area contributed by atoms with Gasteiger partial charge in [0.1, 0.15) is 23.1 Å². The molecule has 0 spiro atoms. The smallest absolute Gasteiger partial charge is 0.298 e. The highest BCUT2D eigenvalue weighted by molar-refractivity contribution is 6.31. The number of H-pyrrole nitrogens is 1. The monoisotopic (exact) mass is 338 g/mol. The van der Waals surface area contributed by atoms with Crippen LogP contribution in [0.2, 0.25) is 5.02 Å². The van der Waals surface area contributed by atoms with E-state index in [9.17, 15) is 9.90 Å². The molecule has 2 aromatic carbocycles. The molecule has 24 heavy (non-hydrogen) atoms. The molecular weight excluding hydrogens is 328 g/mol. The molecule has 2 N–H and O–H groups in total. The van der Waals surface area contributed by atoms with Crippen LogP contribution in [0.25, 0.3) is 21.9 Å². The van der Waals surface area contributed by atoms with Crippen molar-refractivity contribution in [3.05, 3.63) is 69.7 Å². The Kier molecular flexibility index (Phi) is 3.32. The van der Waals surface area contributed by atoms with Crippen LogP contribution in [0.4, 0.5) is 0 Å². The molecule has 0 saturated carbocycles. The standard InChI is InChI=1S/C17H11ClN4O2/c18-11-4-5-14-13(7-11)15-16(21-14)17(24)22(9-19-15)20-8-10-2-1-3-12(23)6-10/h1-9,21,23H/b20-8-. The van der Waals surface area contributed by atoms with Gasteiger partial charge in [-0.05, 0) is 35.9 Å². The van der Waals surface area contributed by atoms with Crippen molar-refractivity contribution in [2.24, 2.45) is 5.10 Å². The van der Waals surface area contributed by atoms with Crippen molar-refractivity contribution in [1.29, 1.82) is 0 Å². The number of fused-ring (bicyclic) bond motifs is 3. The Morgan fingerprint density at radius 3 is 2.96 bits per heavy atom. The highest BCUT2D eigenvalue weighted by Gasteiger charge is 2.10. The molecule has 4 aromatic rings. The molecule has 4 rings (SSSR count). The average molecular weight is 339 g/mol. The first kappa shape index (κ1) is 14.5. The topological polar surface area (TPSA) is 83.3 Å². The molecule has 0 bridgehead atoms. The molecule has 0 unspecified atom stereocenters. The van der Waals surface area contributed by atoms with Crippen LogP contribution in [0.15, 0.2) is 58.7 Å². The number of hydrogen-bond acceptors (Lipinski definition) is 4.